The highest BCUT2D eigenvalue weighted by molar-refractivity contribution is 5.84. The Hall–Kier alpha value is -1.13. The Labute approximate surface area is 133 Å². The van der Waals surface area contributed by atoms with Crippen molar-refractivity contribution in [1.29, 1.82) is 0 Å². The third kappa shape index (κ3) is 4.20. The van der Waals surface area contributed by atoms with Gasteiger partial charge in [0, 0.05) is 6.42 Å². The van der Waals surface area contributed by atoms with E-state index in [2.05, 4.69) is 31.2 Å². The van der Waals surface area contributed by atoms with Gasteiger partial charge in [-0.05, 0) is 38.5 Å². The van der Waals surface area contributed by atoms with Crippen molar-refractivity contribution in [1.82, 2.24) is 0 Å². The lowest BCUT2D eigenvalue weighted by Gasteiger charge is -1.99. The summed E-state index contributed by atoms with van der Waals surface area (Å²) >= 11 is 0. The van der Waals surface area contributed by atoms with E-state index in [0.717, 1.165) is 32.1 Å². The van der Waals surface area contributed by atoms with E-state index < -0.39 is 17.5 Å². The van der Waals surface area contributed by atoms with E-state index in [1.165, 1.54) is 25.7 Å². The molecule has 0 unspecified atom stereocenters. The number of epoxide rings is 2. The van der Waals surface area contributed by atoms with Crippen molar-refractivity contribution < 1.29 is 19.4 Å². The molecule has 0 aromatic rings. The molecule has 0 aromatic heterocycles. The van der Waals surface area contributed by atoms with E-state index in [9.17, 15) is 4.79 Å². The van der Waals surface area contributed by atoms with Gasteiger partial charge < -0.3 is 5.11 Å². The van der Waals surface area contributed by atoms with Crippen molar-refractivity contribution in [3.05, 3.63) is 24.3 Å². The SMILES string of the molecule is CCCCCC=CCC=CCCCCCC12OC1(C(=O)O)O2. The molecule has 2 heterocycles. The van der Waals surface area contributed by atoms with Gasteiger partial charge in [-0.25, -0.2) is 4.79 Å². The van der Waals surface area contributed by atoms with Gasteiger partial charge in [0.25, 0.3) is 0 Å². The van der Waals surface area contributed by atoms with Crippen molar-refractivity contribution in [3.8, 4) is 0 Å². The number of unbranched alkanes of at least 4 members (excludes halogenated alkanes) is 6. The third-order valence-electron chi connectivity index (χ3n) is 4.27. The van der Waals surface area contributed by atoms with Crippen LogP contribution in [-0.4, -0.2) is 22.7 Å². The van der Waals surface area contributed by atoms with Gasteiger partial charge >= 0.3 is 11.8 Å². The molecule has 1 N–H and O–H groups in total. The fourth-order valence-electron chi connectivity index (χ4n) is 2.75. The van der Waals surface area contributed by atoms with Crippen LogP contribution in [0, 0.1) is 0 Å². The van der Waals surface area contributed by atoms with Gasteiger partial charge in [-0.3, -0.25) is 9.47 Å². The van der Waals surface area contributed by atoms with Crippen LogP contribution < -0.4 is 0 Å². The van der Waals surface area contributed by atoms with E-state index in [0.29, 0.717) is 6.42 Å². The Morgan fingerprint density at radius 2 is 1.59 bits per heavy atom. The zero-order chi connectivity index (χ0) is 15.9. The summed E-state index contributed by atoms with van der Waals surface area (Å²) in [6, 6.07) is 0. The maximum atomic E-state index is 10.8. The minimum absolute atomic E-state index is 0.698. The predicted molar refractivity (Wildman–Crippen MR) is 85.4 cm³/mol. The smallest absolute Gasteiger partial charge is 0.370 e. The second-order valence-electron chi connectivity index (χ2n) is 6.15. The average molecular weight is 308 g/mol. The molecule has 2 saturated heterocycles. The summed E-state index contributed by atoms with van der Waals surface area (Å²) in [5, 5.41) is 8.86. The fraction of sp³-hybridized carbons (Fsp3) is 0.722. The Morgan fingerprint density at radius 1 is 0.955 bits per heavy atom. The van der Waals surface area contributed by atoms with E-state index in [1.54, 1.807) is 0 Å². The molecule has 22 heavy (non-hydrogen) atoms. The van der Waals surface area contributed by atoms with Crippen LogP contribution in [0.4, 0.5) is 0 Å². The van der Waals surface area contributed by atoms with Gasteiger partial charge in [-0.15, -0.1) is 0 Å². The van der Waals surface area contributed by atoms with Crippen LogP contribution in [0.25, 0.3) is 0 Å². The quantitative estimate of drug-likeness (QED) is 0.308. The zero-order valence-electron chi connectivity index (χ0n) is 13.6. The number of hydrogen-bond donors (Lipinski definition) is 1. The molecule has 0 radical (unpaired) electrons. The van der Waals surface area contributed by atoms with Crippen molar-refractivity contribution in [2.24, 2.45) is 0 Å². The standard InChI is InChI=1S/C18H28O4/c1-2-3-4-5-6-7-8-9-10-11-12-13-14-15-17-18(21-17,22-17)16(19)20/h6-7,9-10H,2-5,8,11-15H2,1H3,(H,19,20). The second kappa shape index (κ2) is 7.93. The molecular formula is C18H28O4. The maximum Gasteiger partial charge on any atom is 0.370 e. The number of hydrogen-bond acceptors (Lipinski definition) is 3. The van der Waals surface area contributed by atoms with Crippen LogP contribution in [0.2, 0.25) is 0 Å². The van der Waals surface area contributed by atoms with Gasteiger partial charge in [-0.1, -0.05) is 50.5 Å². The molecule has 2 fully saturated rings. The molecule has 0 spiro atoms. The Kier molecular flexibility index (Phi) is 6.21. The van der Waals surface area contributed by atoms with Gasteiger partial charge in [0.1, 0.15) is 0 Å². The highest BCUT2D eigenvalue weighted by Gasteiger charge is 2.95. The lowest BCUT2D eigenvalue weighted by molar-refractivity contribution is -0.166. The van der Waals surface area contributed by atoms with Crippen molar-refractivity contribution >= 4 is 5.97 Å². The molecular weight excluding hydrogens is 280 g/mol. The summed E-state index contributed by atoms with van der Waals surface area (Å²) in [6.45, 7) is 2.23. The zero-order valence-corrected chi connectivity index (χ0v) is 13.6. The number of carboxylic acid groups (broad SMARTS) is 1. The van der Waals surface area contributed by atoms with Crippen LogP contribution in [-0.2, 0) is 14.3 Å². The first-order valence-electron chi connectivity index (χ1n) is 8.60. The van der Waals surface area contributed by atoms with Crippen LogP contribution in [0.3, 0.4) is 0 Å². The molecule has 2 rings (SSSR count). The number of aliphatic carboxylic acids is 1. The molecule has 0 aliphatic carbocycles. The van der Waals surface area contributed by atoms with Gasteiger partial charge in [0.2, 0.25) is 5.79 Å². The average Bonchev–Trinajstić information content (AvgIpc) is 3.31. The van der Waals surface area contributed by atoms with Gasteiger partial charge in [0.05, 0.1) is 0 Å². The van der Waals surface area contributed by atoms with Crippen LogP contribution in [0.15, 0.2) is 24.3 Å². The second-order valence-corrected chi connectivity index (χ2v) is 6.15. The summed E-state index contributed by atoms with van der Waals surface area (Å²) in [4.78, 5) is 10.8. The monoisotopic (exact) mass is 308 g/mol. The first kappa shape index (κ1) is 17.2. The molecule has 0 amide bonds. The molecule has 124 valence electrons. The summed E-state index contributed by atoms with van der Waals surface area (Å²) in [5.74, 6) is -2.99. The summed E-state index contributed by atoms with van der Waals surface area (Å²) < 4.78 is 10.2. The molecule has 4 heteroatoms. The normalized spacial score (nSPS) is 29.1. The number of carbonyl (C=O) groups is 1. The molecule has 0 aromatic carbocycles. The largest absolute Gasteiger partial charge is 0.477 e. The van der Waals surface area contributed by atoms with Crippen LogP contribution in [0.1, 0.15) is 71.1 Å². The first-order valence-corrected chi connectivity index (χ1v) is 8.60. The molecule has 4 nitrogen and oxygen atoms in total. The van der Waals surface area contributed by atoms with Gasteiger partial charge in [0.15, 0.2) is 0 Å². The Bertz CT molecular complexity index is 419. The maximum absolute atomic E-state index is 10.8. The van der Waals surface area contributed by atoms with Crippen LogP contribution in [0.5, 0.6) is 0 Å². The predicted octanol–water partition coefficient (Wildman–Crippen LogP) is 4.56. The summed E-state index contributed by atoms with van der Waals surface area (Å²) in [7, 11) is 0. The summed E-state index contributed by atoms with van der Waals surface area (Å²) in [6.07, 6.45) is 20.1. The highest BCUT2D eigenvalue weighted by atomic mass is 17.1. The molecule has 2 aliphatic rings. The van der Waals surface area contributed by atoms with E-state index >= 15 is 0 Å². The van der Waals surface area contributed by atoms with Crippen molar-refractivity contribution in [2.45, 2.75) is 82.7 Å². The van der Waals surface area contributed by atoms with Crippen molar-refractivity contribution in [2.75, 3.05) is 0 Å². The number of rotatable bonds is 13. The lowest BCUT2D eigenvalue weighted by atomic mass is 10.1. The minimum atomic E-state index is -1.25. The number of fused-ring (bicyclic) bond motifs is 1. The molecule has 2 aliphatic heterocycles. The molecule has 0 saturated carbocycles. The fourth-order valence-corrected chi connectivity index (χ4v) is 2.75. The van der Waals surface area contributed by atoms with E-state index in [-0.39, 0.29) is 0 Å². The number of carboxylic acids is 1. The van der Waals surface area contributed by atoms with Crippen molar-refractivity contribution in [3.63, 3.8) is 0 Å². The summed E-state index contributed by atoms with van der Waals surface area (Å²) in [5.41, 5.74) is 0. The van der Waals surface area contributed by atoms with Crippen LogP contribution >= 0.6 is 0 Å². The minimum Gasteiger partial charge on any atom is -0.477 e. The Morgan fingerprint density at radius 3 is 2.14 bits per heavy atom. The Balaban J connectivity index is 1.38. The molecule has 0 bridgehead atoms. The highest BCUT2D eigenvalue weighted by Crippen LogP contribution is 2.69. The lowest BCUT2D eigenvalue weighted by Crippen LogP contribution is -2.13. The first-order chi connectivity index (χ1) is 10.7. The van der Waals surface area contributed by atoms with E-state index in [1.807, 2.05) is 0 Å². The van der Waals surface area contributed by atoms with E-state index in [4.69, 9.17) is 14.6 Å². The number of ether oxygens (including phenoxy) is 2. The third-order valence-corrected chi connectivity index (χ3v) is 4.27. The molecule has 0 atom stereocenters. The topological polar surface area (TPSA) is 62.4 Å². The number of allylic oxidation sites excluding steroid dienone is 4. The van der Waals surface area contributed by atoms with Gasteiger partial charge in [-0.2, -0.15) is 0 Å².